The summed E-state index contributed by atoms with van der Waals surface area (Å²) in [6, 6.07) is 29.1. The van der Waals surface area contributed by atoms with Crippen molar-refractivity contribution in [2.45, 2.75) is 11.6 Å². The molecule has 0 radical (unpaired) electrons. The van der Waals surface area contributed by atoms with Crippen LogP contribution in [0.15, 0.2) is 91.0 Å². The molecule has 5 nitrogen and oxygen atoms in total. The normalized spacial score (nSPS) is 21.9. The molecular weight excluding hydrogens is 398 g/mol. The maximum atomic E-state index is 13.4. The Morgan fingerprint density at radius 1 is 0.700 bits per heavy atom. The fourth-order valence-corrected chi connectivity index (χ4v) is 6.23. The largest absolute Gasteiger partial charge is 0.381 e. The van der Waals surface area contributed by atoms with E-state index in [4.69, 9.17) is 8.92 Å². The maximum Gasteiger partial charge on any atom is 0.340 e. The van der Waals surface area contributed by atoms with Crippen LogP contribution < -0.4 is 0 Å². The average Bonchev–Trinajstić information content (AvgIpc) is 3.05. The Morgan fingerprint density at radius 2 is 1.13 bits per heavy atom. The van der Waals surface area contributed by atoms with Gasteiger partial charge in [0.1, 0.15) is 5.54 Å². The minimum Gasteiger partial charge on any atom is -0.381 e. The van der Waals surface area contributed by atoms with Crippen molar-refractivity contribution in [3.8, 4) is 0 Å². The van der Waals surface area contributed by atoms with Crippen molar-refractivity contribution in [1.29, 1.82) is 0 Å². The van der Waals surface area contributed by atoms with E-state index in [2.05, 4.69) is 0 Å². The fourth-order valence-electron chi connectivity index (χ4n) is 4.59. The summed E-state index contributed by atoms with van der Waals surface area (Å²) in [5, 5.41) is 0. The molecule has 2 aliphatic rings. The van der Waals surface area contributed by atoms with E-state index in [0.29, 0.717) is 13.2 Å². The second-order valence-corrected chi connectivity index (χ2v) is 9.20. The maximum absolute atomic E-state index is 13.4. The summed E-state index contributed by atoms with van der Waals surface area (Å²) in [4.78, 5) is 0. The average molecular weight is 422 g/mol. The number of hydrogen-bond acceptors (Lipinski definition) is 4. The lowest BCUT2D eigenvalue weighted by Crippen LogP contribution is -2.57. The van der Waals surface area contributed by atoms with Gasteiger partial charge in [0.15, 0.2) is 0 Å². The molecule has 0 spiro atoms. The molecule has 0 amide bonds. The van der Waals surface area contributed by atoms with E-state index in [1.165, 1.54) is 0 Å². The smallest absolute Gasteiger partial charge is 0.340 e. The summed E-state index contributed by atoms with van der Waals surface area (Å²) in [6.07, 6.45) is 0. The highest BCUT2D eigenvalue weighted by Crippen LogP contribution is 2.48. The lowest BCUT2D eigenvalue weighted by Gasteiger charge is -2.46. The zero-order chi connectivity index (χ0) is 20.6. The molecule has 2 heterocycles. The van der Waals surface area contributed by atoms with Gasteiger partial charge in [-0.05, 0) is 16.7 Å². The van der Waals surface area contributed by atoms with Gasteiger partial charge in [0, 0.05) is 5.92 Å². The van der Waals surface area contributed by atoms with E-state index in [1.54, 1.807) is 4.31 Å². The van der Waals surface area contributed by atoms with Crippen molar-refractivity contribution in [2.75, 3.05) is 19.8 Å². The van der Waals surface area contributed by atoms with Crippen LogP contribution >= 0.6 is 0 Å². The van der Waals surface area contributed by atoms with Crippen LogP contribution in [0.1, 0.15) is 16.7 Å². The van der Waals surface area contributed by atoms with Gasteiger partial charge in [-0.1, -0.05) is 91.0 Å². The molecule has 2 saturated heterocycles. The van der Waals surface area contributed by atoms with Gasteiger partial charge in [-0.25, -0.2) is 0 Å². The Hall–Kier alpha value is -2.51. The first-order valence-electron chi connectivity index (χ1n) is 10.1. The van der Waals surface area contributed by atoms with E-state index in [1.807, 2.05) is 91.0 Å². The molecule has 1 atom stereocenters. The van der Waals surface area contributed by atoms with E-state index in [-0.39, 0.29) is 18.6 Å². The van der Waals surface area contributed by atoms with Crippen LogP contribution in [-0.2, 0) is 24.8 Å². The van der Waals surface area contributed by atoms with Gasteiger partial charge in [-0.3, -0.25) is 4.18 Å². The van der Waals surface area contributed by atoms with Gasteiger partial charge >= 0.3 is 10.3 Å². The molecule has 0 aromatic heterocycles. The second-order valence-electron chi connectivity index (χ2n) is 7.71. The van der Waals surface area contributed by atoms with Crippen molar-refractivity contribution >= 4 is 10.3 Å². The van der Waals surface area contributed by atoms with Crippen LogP contribution in [0.25, 0.3) is 0 Å². The topological polar surface area (TPSA) is 55.8 Å². The van der Waals surface area contributed by atoms with E-state index >= 15 is 0 Å². The molecule has 2 fully saturated rings. The molecule has 1 unspecified atom stereocenters. The van der Waals surface area contributed by atoms with Gasteiger partial charge in [-0.15, -0.1) is 0 Å². The third kappa shape index (κ3) is 2.99. The third-order valence-corrected chi connectivity index (χ3v) is 7.50. The van der Waals surface area contributed by atoms with Gasteiger partial charge in [0.05, 0.1) is 25.9 Å². The quantitative estimate of drug-likeness (QED) is 0.591. The molecular formula is C24H23NO4S. The molecule has 0 saturated carbocycles. The van der Waals surface area contributed by atoms with E-state index in [0.717, 1.165) is 16.7 Å². The molecule has 0 bridgehead atoms. The monoisotopic (exact) mass is 421 g/mol. The van der Waals surface area contributed by atoms with Crippen molar-refractivity contribution in [1.82, 2.24) is 4.31 Å². The SMILES string of the molecule is O=S1(=O)OCC(C2COC2)N1C(c1ccccc1)(c1ccccc1)c1ccccc1. The zero-order valence-electron chi connectivity index (χ0n) is 16.4. The first-order chi connectivity index (χ1) is 14.6. The Labute approximate surface area is 177 Å². The van der Waals surface area contributed by atoms with Crippen LogP contribution in [0.5, 0.6) is 0 Å². The Bertz CT molecular complexity index is 1000. The minimum absolute atomic E-state index is 0.0952. The lowest BCUT2D eigenvalue weighted by atomic mass is 9.75. The Balaban J connectivity index is 1.86. The van der Waals surface area contributed by atoms with Crippen molar-refractivity contribution < 1.29 is 17.3 Å². The first kappa shape index (κ1) is 19.5. The highest BCUT2D eigenvalue weighted by Gasteiger charge is 2.57. The molecule has 3 aromatic rings. The molecule has 154 valence electrons. The highest BCUT2D eigenvalue weighted by atomic mass is 32.2. The molecule has 30 heavy (non-hydrogen) atoms. The predicted octanol–water partition coefficient (Wildman–Crippen LogP) is 3.57. The van der Waals surface area contributed by atoms with Crippen LogP contribution in [0.4, 0.5) is 0 Å². The molecule has 6 heteroatoms. The summed E-state index contributed by atoms with van der Waals surface area (Å²) in [6.45, 7) is 1.20. The molecule has 2 aliphatic heterocycles. The second kappa shape index (κ2) is 7.63. The van der Waals surface area contributed by atoms with Crippen molar-refractivity contribution in [3.63, 3.8) is 0 Å². The lowest BCUT2D eigenvalue weighted by molar-refractivity contribution is -0.0677. The van der Waals surface area contributed by atoms with Gasteiger partial charge < -0.3 is 4.74 Å². The third-order valence-electron chi connectivity index (χ3n) is 6.04. The minimum atomic E-state index is -3.98. The van der Waals surface area contributed by atoms with Gasteiger partial charge in [-0.2, -0.15) is 12.7 Å². The summed E-state index contributed by atoms with van der Waals surface area (Å²) in [5.74, 6) is 0.0952. The summed E-state index contributed by atoms with van der Waals surface area (Å²) >= 11 is 0. The number of benzene rings is 3. The number of hydrogen-bond donors (Lipinski definition) is 0. The van der Waals surface area contributed by atoms with Crippen LogP contribution in [-0.4, -0.2) is 38.6 Å². The predicted molar refractivity (Wildman–Crippen MR) is 114 cm³/mol. The van der Waals surface area contributed by atoms with Crippen LogP contribution in [0.2, 0.25) is 0 Å². The van der Waals surface area contributed by atoms with Gasteiger partial charge in [0.25, 0.3) is 0 Å². The molecule has 0 aliphatic carbocycles. The van der Waals surface area contributed by atoms with Gasteiger partial charge in [0.2, 0.25) is 0 Å². The summed E-state index contributed by atoms with van der Waals surface area (Å²) in [7, 11) is -3.98. The first-order valence-corrected chi connectivity index (χ1v) is 11.4. The highest BCUT2D eigenvalue weighted by molar-refractivity contribution is 7.84. The molecule has 3 aromatic carbocycles. The van der Waals surface area contributed by atoms with Crippen LogP contribution in [0, 0.1) is 5.92 Å². The van der Waals surface area contributed by atoms with E-state index < -0.39 is 15.8 Å². The van der Waals surface area contributed by atoms with E-state index in [9.17, 15) is 8.42 Å². The zero-order valence-corrected chi connectivity index (χ0v) is 17.2. The molecule has 0 N–H and O–H groups in total. The number of ether oxygens (including phenoxy) is 1. The Morgan fingerprint density at radius 3 is 1.50 bits per heavy atom. The number of rotatable bonds is 5. The fraction of sp³-hybridized carbons (Fsp3) is 0.250. The van der Waals surface area contributed by atoms with Crippen molar-refractivity contribution in [2.24, 2.45) is 5.92 Å². The summed E-state index contributed by atoms with van der Waals surface area (Å²) in [5.41, 5.74) is 1.57. The van der Waals surface area contributed by atoms with Crippen molar-refractivity contribution in [3.05, 3.63) is 108 Å². The van der Waals surface area contributed by atoms with Crippen LogP contribution in [0.3, 0.4) is 0 Å². The summed E-state index contributed by atoms with van der Waals surface area (Å²) < 4.78 is 39.3. The standard InChI is InChI=1S/C24H23NO4S/c26-30(27)25(23(18-29-30)19-16-28-17-19)24(20-10-4-1-5-11-20,21-12-6-2-7-13-21)22-14-8-3-9-15-22/h1-15,19,23H,16-18H2. The Kier molecular flexibility index (Phi) is 4.95. The molecule has 5 rings (SSSR count). The number of nitrogens with zero attached hydrogens (tertiary/aromatic N) is 1.